The topological polar surface area (TPSA) is 162 Å². The van der Waals surface area contributed by atoms with Crippen molar-refractivity contribution in [1.29, 1.82) is 0 Å². The van der Waals surface area contributed by atoms with Crippen LogP contribution in [-0.2, 0) is 29.8 Å². The molecule has 4 saturated heterocycles. The molecule has 0 aromatic heterocycles. The molecule has 0 N–H and O–H groups in total. The van der Waals surface area contributed by atoms with Gasteiger partial charge in [0.05, 0.1) is 30.0 Å². The van der Waals surface area contributed by atoms with Gasteiger partial charge in [0.25, 0.3) is 11.8 Å². The van der Waals surface area contributed by atoms with Gasteiger partial charge in [-0.15, -0.1) is 0 Å². The molecule has 0 aromatic rings. The van der Waals surface area contributed by atoms with Crippen LogP contribution in [0.5, 0.6) is 0 Å². The first-order valence-corrected chi connectivity index (χ1v) is 23.1. The van der Waals surface area contributed by atoms with E-state index in [0.29, 0.717) is 57.5 Å². The van der Waals surface area contributed by atoms with Crippen molar-refractivity contribution in [3.8, 4) is 0 Å². The van der Waals surface area contributed by atoms with Gasteiger partial charge in [-0.25, -0.2) is 16.8 Å². The number of allylic oxidation sites excluding steroid dienone is 6. The number of likely N-dealkylation sites (N-methyl/N-ethyl adjacent to an activating group) is 2. The van der Waals surface area contributed by atoms with E-state index in [1.54, 1.807) is 9.80 Å². The summed E-state index contributed by atoms with van der Waals surface area (Å²) < 4.78 is 67.7. The van der Waals surface area contributed by atoms with E-state index in [0.717, 1.165) is 74.2 Å². The molecule has 292 valence electrons. The average molecular weight is 875 g/mol. The largest absolute Gasteiger partial charge is 2.00 e. The fourth-order valence-corrected chi connectivity index (χ4v) is 9.87. The maximum Gasteiger partial charge on any atom is 2.00 e. The molecule has 0 saturated carbocycles. The van der Waals surface area contributed by atoms with Crippen molar-refractivity contribution in [2.45, 2.75) is 103 Å². The van der Waals surface area contributed by atoms with Crippen LogP contribution in [0.3, 0.4) is 0 Å². The summed E-state index contributed by atoms with van der Waals surface area (Å²) in [5.41, 5.74) is 4.12. The molecule has 4 heterocycles. The van der Waals surface area contributed by atoms with Gasteiger partial charge in [0.2, 0.25) is 0 Å². The maximum atomic E-state index is 12.5. The minimum atomic E-state index is -4.25. The quantitative estimate of drug-likeness (QED) is 0.0959. The fourth-order valence-electron chi connectivity index (χ4n) is 6.10. The van der Waals surface area contributed by atoms with E-state index < -0.39 is 30.7 Å². The van der Waals surface area contributed by atoms with Crippen molar-refractivity contribution >= 4 is 126 Å². The van der Waals surface area contributed by atoms with Crippen molar-refractivity contribution in [3.63, 3.8) is 0 Å². The van der Waals surface area contributed by atoms with Crippen LogP contribution < -0.4 is 0 Å². The molecule has 19 heteroatoms. The molecule has 0 spiro atoms. The third-order valence-electron chi connectivity index (χ3n) is 9.49. The zero-order chi connectivity index (χ0) is 39.0. The Balaban J connectivity index is 0.000000360. The monoisotopic (exact) mass is 874 g/mol. The normalized spacial score (nSPS) is 22.9. The van der Waals surface area contributed by atoms with Crippen LogP contribution in [0, 0.1) is 0 Å². The van der Waals surface area contributed by atoms with E-state index in [2.05, 4.69) is 9.80 Å². The Morgan fingerprint density at radius 2 is 1.06 bits per heavy atom. The van der Waals surface area contributed by atoms with E-state index in [1.165, 1.54) is 37.4 Å². The van der Waals surface area contributed by atoms with Crippen molar-refractivity contribution < 1.29 is 35.5 Å². The van der Waals surface area contributed by atoms with Crippen LogP contribution >= 0.6 is 48.0 Å². The second-order valence-corrected chi connectivity index (χ2v) is 19.8. The second kappa shape index (κ2) is 21.8. The van der Waals surface area contributed by atoms with Gasteiger partial charge in [0.1, 0.15) is 8.64 Å². The van der Waals surface area contributed by atoms with Crippen LogP contribution in [0.1, 0.15) is 92.9 Å². The van der Waals surface area contributed by atoms with Crippen molar-refractivity contribution in [2.75, 3.05) is 39.3 Å². The van der Waals surface area contributed by atoms with Crippen LogP contribution in [0.25, 0.3) is 0 Å². The zero-order valence-electron chi connectivity index (χ0n) is 31.4. The van der Waals surface area contributed by atoms with E-state index in [4.69, 9.17) is 24.4 Å². The molecule has 2 atom stereocenters. The van der Waals surface area contributed by atoms with Gasteiger partial charge in [-0.2, -0.15) is 0 Å². The Kier molecular flexibility index (Phi) is 20.0. The van der Waals surface area contributed by atoms with E-state index in [9.17, 15) is 35.5 Å². The number of hydrogen-bond donors (Lipinski definition) is 0. The number of amides is 2. The second-order valence-electron chi connectivity index (χ2n) is 12.9. The number of rotatable bonds is 14. The third-order valence-corrected chi connectivity index (χ3v) is 14.9. The maximum absolute atomic E-state index is 12.5. The molecular formula is C34H50CaN4O8S6. The zero-order valence-corrected chi connectivity index (χ0v) is 38.5. The number of nitrogens with zero attached hydrogens (tertiary/aromatic N) is 4. The van der Waals surface area contributed by atoms with Crippen molar-refractivity contribution in [1.82, 2.24) is 19.6 Å². The van der Waals surface area contributed by atoms with Crippen LogP contribution in [0.2, 0.25) is 0 Å². The van der Waals surface area contributed by atoms with Crippen LogP contribution in [-0.4, -0.2) is 154 Å². The average Bonchev–Trinajstić information content (AvgIpc) is 3.85. The Bertz CT molecular complexity index is 1620. The molecule has 4 aliphatic heterocycles. The predicted molar refractivity (Wildman–Crippen MR) is 221 cm³/mol. The molecule has 0 aliphatic carbocycles. The molecule has 4 fully saturated rings. The molecule has 12 nitrogen and oxygen atoms in total. The molecule has 4 aliphatic rings. The van der Waals surface area contributed by atoms with E-state index in [-0.39, 0.29) is 49.6 Å². The van der Waals surface area contributed by atoms with Crippen molar-refractivity contribution in [3.05, 3.63) is 44.5 Å². The van der Waals surface area contributed by atoms with Crippen LogP contribution in [0.15, 0.2) is 44.5 Å². The summed E-state index contributed by atoms with van der Waals surface area (Å²) in [6.07, 6.45) is 9.89. The Morgan fingerprint density at radius 1 is 0.717 bits per heavy atom. The first-order chi connectivity index (χ1) is 24.4. The molecule has 2 unspecified atom stereocenters. The molecule has 2 amide bonds. The molecular weight excluding hydrogens is 825 g/mol. The summed E-state index contributed by atoms with van der Waals surface area (Å²) in [6, 6.07) is 0. The molecule has 0 bridgehead atoms. The van der Waals surface area contributed by atoms with Gasteiger partial charge in [0.15, 0.2) is 0 Å². The number of likely N-dealkylation sites (tertiary alicyclic amines) is 2. The summed E-state index contributed by atoms with van der Waals surface area (Å²) in [5.74, 6) is -0.0707. The van der Waals surface area contributed by atoms with Gasteiger partial charge in [-0.1, -0.05) is 61.8 Å². The van der Waals surface area contributed by atoms with Crippen LogP contribution in [0.4, 0.5) is 0 Å². The predicted octanol–water partition coefficient (Wildman–Crippen LogP) is 5.29. The van der Waals surface area contributed by atoms with E-state index in [1.807, 2.05) is 39.8 Å². The number of thiocarbonyl (C=S) groups is 2. The van der Waals surface area contributed by atoms with E-state index >= 15 is 0 Å². The third kappa shape index (κ3) is 13.3. The Morgan fingerprint density at radius 3 is 1.32 bits per heavy atom. The first kappa shape index (κ1) is 48.6. The molecule has 53 heavy (non-hydrogen) atoms. The summed E-state index contributed by atoms with van der Waals surface area (Å²) in [4.78, 5) is 33.9. The summed E-state index contributed by atoms with van der Waals surface area (Å²) in [6.45, 7) is 14.6. The van der Waals surface area contributed by atoms with Gasteiger partial charge >= 0.3 is 37.7 Å². The fraction of sp³-hybridized carbons (Fsp3) is 0.647. The summed E-state index contributed by atoms with van der Waals surface area (Å²) >= 11 is 13.3. The minimum Gasteiger partial charge on any atom is -0.748 e. The summed E-state index contributed by atoms with van der Waals surface area (Å²) in [7, 11) is -8.50. The van der Waals surface area contributed by atoms with Gasteiger partial charge in [0, 0.05) is 61.2 Å². The van der Waals surface area contributed by atoms with Gasteiger partial charge in [-0.05, 0) is 102 Å². The Hall–Kier alpha value is -0.540. The molecule has 4 rings (SSSR count). The summed E-state index contributed by atoms with van der Waals surface area (Å²) in [5, 5.41) is -1.79. The Labute approximate surface area is 365 Å². The first-order valence-electron chi connectivity index (χ1n) is 17.7. The molecule has 0 radical (unpaired) electrons. The van der Waals surface area contributed by atoms with Gasteiger partial charge in [-0.3, -0.25) is 19.4 Å². The number of carbonyl (C=O) groups excluding carboxylic acids is 2. The SMILES string of the molecule is CCC(/C=C1\CCCN1CCC(C)S(=O)(=O)[O-])=C1\SC(=S)N(CC)C1=O.CCC(/C=C1\CCCN1CCC(C)S(=O)(=O)[O-])=C1\SC(=S)N(CC)C1=O.[Ca+2]. The molecule has 0 aromatic carbocycles. The smallest absolute Gasteiger partial charge is 0.748 e. The van der Waals surface area contributed by atoms with Gasteiger partial charge < -0.3 is 18.9 Å². The standard InChI is InChI=1S/2C17H26N2O4S3.Ca/c2*1-4-13(15-16(20)19(5-2)17(24)25-15)11-14-7-6-9-18(14)10-8-12(3)26(21,22)23;/h2*11-12H,4-10H2,1-3H3,(H,21,22,23);/q;;+2/p-2/b2*14-11+,15-13+;. The number of hydrogen-bond acceptors (Lipinski definition) is 14. The number of thioether (sulfide) groups is 2. The van der Waals surface area contributed by atoms with Crippen molar-refractivity contribution in [2.24, 2.45) is 0 Å². The number of carbonyl (C=O) groups is 2. The minimum absolute atomic E-state index is 0.